The van der Waals surface area contributed by atoms with Gasteiger partial charge < -0.3 is 5.73 Å². The Morgan fingerprint density at radius 1 is 1.38 bits per heavy atom. The fraction of sp³-hybridized carbons (Fsp3) is 0.417. The lowest BCUT2D eigenvalue weighted by molar-refractivity contribution is 0.245. The van der Waals surface area contributed by atoms with Gasteiger partial charge >= 0.3 is 0 Å². The molecule has 0 radical (unpaired) electrons. The van der Waals surface area contributed by atoms with Gasteiger partial charge in [-0.1, -0.05) is 24.4 Å². The summed E-state index contributed by atoms with van der Waals surface area (Å²) in [6, 6.07) is 6.85. The summed E-state index contributed by atoms with van der Waals surface area (Å²) < 4.78 is 12.7. The zero-order valence-corrected chi connectivity index (χ0v) is 10.4. The van der Waals surface area contributed by atoms with Crippen LogP contribution in [0.5, 0.6) is 0 Å². The highest BCUT2D eigenvalue weighted by molar-refractivity contribution is 7.80. The van der Waals surface area contributed by atoms with Crippen molar-refractivity contribution >= 4 is 17.2 Å². The molecule has 16 heavy (non-hydrogen) atoms. The summed E-state index contributed by atoms with van der Waals surface area (Å²) in [5.74, 6) is -0.214. The van der Waals surface area contributed by atoms with E-state index in [0.29, 0.717) is 17.6 Å². The monoisotopic (exact) mass is 240 g/mol. The van der Waals surface area contributed by atoms with Gasteiger partial charge in [0.25, 0.3) is 0 Å². The van der Waals surface area contributed by atoms with Gasteiger partial charge in [-0.15, -0.1) is 0 Å². The van der Waals surface area contributed by atoms with Crippen LogP contribution in [-0.4, -0.2) is 22.5 Å². The first-order valence-corrected chi connectivity index (χ1v) is 5.66. The predicted molar refractivity (Wildman–Crippen MR) is 68.7 cm³/mol. The van der Waals surface area contributed by atoms with Crippen LogP contribution in [0.15, 0.2) is 24.3 Å². The lowest BCUT2D eigenvalue weighted by atomic mass is 10.2. The van der Waals surface area contributed by atoms with Crippen molar-refractivity contribution in [2.75, 3.05) is 6.54 Å². The molecule has 0 saturated heterocycles. The van der Waals surface area contributed by atoms with E-state index in [1.165, 1.54) is 12.1 Å². The highest BCUT2D eigenvalue weighted by Crippen LogP contribution is 2.09. The molecule has 0 heterocycles. The first-order chi connectivity index (χ1) is 7.49. The fourth-order valence-corrected chi connectivity index (χ4v) is 1.61. The molecular weight excluding hydrogens is 223 g/mol. The van der Waals surface area contributed by atoms with Gasteiger partial charge in [-0.25, -0.2) is 4.39 Å². The molecule has 0 aliphatic rings. The minimum absolute atomic E-state index is 0.214. The lowest BCUT2D eigenvalue weighted by Gasteiger charge is -2.25. The van der Waals surface area contributed by atoms with Crippen molar-refractivity contribution in [1.29, 1.82) is 0 Å². The molecule has 0 amide bonds. The van der Waals surface area contributed by atoms with Gasteiger partial charge in [-0.3, -0.25) is 4.90 Å². The second-order valence-electron chi connectivity index (χ2n) is 4.09. The van der Waals surface area contributed by atoms with E-state index in [4.69, 9.17) is 18.0 Å². The minimum atomic E-state index is -0.214. The normalized spacial score (nSPS) is 11.1. The zero-order chi connectivity index (χ0) is 12.1. The Balaban J connectivity index is 2.67. The number of thiocarbonyl (C=S) groups is 1. The number of halogens is 1. The summed E-state index contributed by atoms with van der Waals surface area (Å²) in [5.41, 5.74) is 6.60. The van der Waals surface area contributed by atoms with Gasteiger partial charge in [0.05, 0.1) is 4.99 Å². The van der Waals surface area contributed by atoms with Crippen molar-refractivity contribution in [2.45, 2.75) is 26.4 Å². The average Bonchev–Trinajstić information content (AvgIpc) is 2.19. The van der Waals surface area contributed by atoms with Gasteiger partial charge in [-0.05, 0) is 31.5 Å². The van der Waals surface area contributed by atoms with Gasteiger partial charge in [0.2, 0.25) is 0 Å². The Morgan fingerprint density at radius 3 is 2.38 bits per heavy atom. The van der Waals surface area contributed by atoms with E-state index in [2.05, 4.69) is 18.7 Å². The summed E-state index contributed by atoms with van der Waals surface area (Å²) in [5, 5.41) is 0. The third kappa shape index (κ3) is 4.24. The molecule has 0 saturated carbocycles. The van der Waals surface area contributed by atoms with Crippen LogP contribution in [0, 0.1) is 5.82 Å². The van der Waals surface area contributed by atoms with Crippen LogP contribution in [-0.2, 0) is 6.54 Å². The third-order valence-corrected chi connectivity index (χ3v) is 2.52. The van der Waals surface area contributed by atoms with E-state index in [1.807, 2.05) is 0 Å². The molecule has 1 aromatic carbocycles. The number of benzene rings is 1. The molecule has 1 aromatic rings. The maximum atomic E-state index is 12.7. The molecule has 88 valence electrons. The summed E-state index contributed by atoms with van der Waals surface area (Å²) in [4.78, 5) is 2.63. The van der Waals surface area contributed by atoms with E-state index in [9.17, 15) is 4.39 Å². The molecule has 2 nitrogen and oxygen atoms in total. The first-order valence-electron chi connectivity index (χ1n) is 5.26. The molecule has 0 aliphatic heterocycles. The van der Waals surface area contributed by atoms with E-state index in [1.54, 1.807) is 12.1 Å². The van der Waals surface area contributed by atoms with Crippen LogP contribution in [0.25, 0.3) is 0 Å². The molecule has 0 aromatic heterocycles. The first kappa shape index (κ1) is 13.1. The Kier molecular flexibility index (Phi) is 4.83. The maximum Gasteiger partial charge on any atom is 0.123 e. The van der Waals surface area contributed by atoms with Crippen LogP contribution in [0.2, 0.25) is 0 Å². The second kappa shape index (κ2) is 5.92. The maximum absolute atomic E-state index is 12.7. The van der Waals surface area contributed by atoms with Crippen LogP contribution in [0.3, 0.4) is 0 Å². The molecule has 0 atom stereocenters. The van der Waals surface area contributed by atoms with Gasteiger partial charge in [0, 0.05) is 19.1 Å². The molecular formula is C12H17FN2S. The standard InChI is InChI=1S/C12H17FN2S/c1-9(2)15(8-12(14)16)7-10-3-5-11(13)6-4-10/h3-6,9H,7-8H2,1-2H3,(H2,14,16). The van der Waals surface area contributed by atoms with Crippen molar-refractivity contribution in [3.05, 3.63) is 35.6 Å². The topological polar surface area (TPSA) is 29.3 Å². The van der Waals surface area contributed by atoms with Crippen LogP contribution < -0.4 is 5.73 Å². The Morgan fingerprint density at radius 2 is 1.94 bits per heavy atom. The average molecular weight is 240 g/mol. The summed E-state index contributed by atoms with van der Waals surface area (Å²) in [6.07, 6.45) is 0. The second-order valence-corrected chi connectivity index (χ2v) is 4.62. The Bertz CT molecular complexity index is 349. The number of rotatable bonds is 5. The molecule has 0 spiro atoms. The molecule has 4 heteroatoms. The highest BCUT2D eigenvalue weighted by atomic mass is 32.1. The van der Waals surface area contributed by atoms with Gasteiger partial charge in [0.15, 0.2) is 0 Å². The smallest absolute Gasteiger partial charge is 0.123 e. The Labute approximate surface area is 101 Å². The highest BCUT2D eigenvalue weighted by Gasteiger charge is 2.10. The van der Waals surface area contributed by atoms with E-state index in [-0.39, 0.29) is 5.82 Å². The summed E-state index contributed by atoms with van der Waals surface area (Å²) in [7, 11) is 0. The molecule has 0 aliphatic carbocycles. The quantitative estimate of drug-likeness (QED) is 0.801. The largest absolute Gasteiger partial charge is 0.392 e. The van der Waals surface area contributed by atoms with Gasteiger partial charge in [0.1, 0.15) is 5.82 Å². The number of nitrogens with zero attached hydrogens (tertiary/aromatic N) is 1. The lowest BCUT2D eigenvalue weighted by Crippen LogP contribution is -2.37. The summed E-state index contributed by atoms with van der Waals surface area (Å²) >= 11 is 4.90. The van der Waals surface area contributed by atoms with Crippen molar-refractivity contribution in [1.82, 2.24) is 4.90 Å². The zero-order valence-electron chi connectivity index (χ0n) is 9.61. The van der Waals surface area contributed by atoms with Gasteiger partial charge in [-0.2, -0.15) is 0 Å². The van der Waals surface area contributed by atoms with E-state index in [0.717, 1.165) is 12.1 Å². The van der Waals surface area contributed by atoms with Crippen molar-refractivity contribution < 1.29 is 4.39 Å². The number of hydrogen-bond donors (Lipinski definition) is 1. The molecule has 2 N–H and O–H groups in total. The van der Waals surface area contributed by atoms with Crippen LogP contribution >= 0.6 is 12.2 Å². The van der Waals surface area contributed by atoms with E-state index < -0.39 is 0 Å². The molecule has 0 unspecified atom stereocenters. The minimum Gasteiger partial charge on any atom is -0.392 e. The predicted octanol–water partition coefficient (Wildman–Crippen LogP) is 2.32. The Hall–Kier alpha value is -1.00. The number of nitrogens with two attached hydrogens (primary N) is 1. The molecule has 0 fully saturated rings. The fourth-order valence-electron chi connectivity index (χ4n) is 1.45. The van der Waals surface area contributed by atoms with E-state index >= 15 is 0 Å². The van der Waals surface area contributed by atoms with Crippen LogP contribution in [0.1, 0.15) is 19.4 Å². The molecule has 1 rings (SSSR count). The van der Waals surface area contributed by atoms with Crippen LogP contribution in [0.4, 0.5) is 4.39 Å². The number of hydrogen-bond acceptors (Lipinski definition) is 2. The van der Waals surface area contributed by atoms with Crippen molar-refractivity contribution in [3.63, 3.8) is 0 Å². The van der Waals surface area contributed by atoms with Crippen molar-refractivity contribution in [3.8, 4) is 0 Å². The molecule has 0 bridgehead atoms. The SMILES string of the molecule is CC(C)N(CC(N)=S)Cc1ccc(F)cc1. The van der Waals surface area contributed by atoms with Crippen molar-refractivity contribution in [2.24, 2.45) is 5.73 Å². The summed E-state index contributed by atoms with van der Waals surface area (Å²) in [6.45, 7) is 5.49. The third-order valence-electron chi connectivity index (χ3n) is 2.39.